The van der Waals surface area contributed by atoms with Crippen LogP contribution in [0.4, 0.5) is 4.39 Å². The zero-order valence-electron chi connectivity index (χ0n) is 10.8. The molecule has 0 bridgehead atoms. The van der Waals surface area contributed by atoms with Crippen LogP contribution in [-0.2, 0) is 0 Å². The van der Waals surface area contributed by atoms with E-state index in [4.69, 9.17) is 0 Å². The van der Waals surface area contributed by atoms with Gasteiger partial charge < -0.3 is 5.32 Å². The SMILES string of the molecule is CNC1(CC(=O)c2ccc(F)cc2)CCCCC1. The van der Waals surface area contributed by atoms with Gasteiger partial charge in [0, 0.05) is 17.5 Å². The second-order valence-electron chi connectivity index (χ2n) is 5.20. The predicted molar refractivity (Wildman–Crippen MR) is 70.2 cm³/mol. The third-order valence-corrected chi connectivity index (χ3v) is 4.01. The number of hydrogen-bond donors (Lipinski definition) is 1. The number of carbonyl (C=O) groups excluding carboxylic acids is 1. The minimum Gasteiger partial charge on any atom is -0.314 e. The normalized spacial score (nSPS) is 18.6. The highest BCUT2D eigenvalue weighted by atomic mass is 19.1. The molecule has 18 heavy (non-hydrogen) atoms. The molecule has 0 spiro atoms. The Labute approximate surface area is 108 Å². The van der Waals surface area contributed by atoms with Crippen molar-refractivity contribution in [1.29, 1.82) is 0 Å². The quantitative estimate of drug-likeness (QED) is 0.829. The molecule has 2 nitrogen and oxygen atoms in total. The van der Waals surface area contributed by atoms with E-state index in [1.807, 2.05) is 7.05 Å². The number of benzene rings is 1. The number of rotatable bonds is 4. The molecule has 1 N–H and O–H groups in total. The van der Waals surface area contributed by atoms with Crippen molar-refractivity contribution in [3.63, 3.8) is 0 Å². The molecule has 0 saturated heterocycles. The monoisotopic (exact) mass is 249 g/mol. The van der Waals surface area contributed by atoms with Gasteiger partial charge in [0.25, 0.3) is 0 Å². The van der Waals surface area contributed by atoms with E-state index in [0.717, 1.165) is 12.8 Å². The smallest absolute Gasteiger partial charge is 0.164 e. The average molecular weight is 249 g/mol. The van der Waals surface area contributed by atoms with Gasteiger partial charge in [-0.15, -0.1) is 0 Å². The highest BCUT2D eigenvalue weighted by molar-refractivity contribution is 5.96. The van der Waals surface area contributed by atoms with Gasteiger partial charge in [-0.1, -0.05) is 19.3 Å². The summed E-state index contributed by atoms with van der Waals surface area (Å²) in [6, 6.07) is 5.84. The number of Topliss-reactive ketones (excluding diaryl/α,β-unsaturated/α-hetero) is 1. The molecular weight excluding hydrogens is 229 g/mol. The Balaban J connectivity index is 2.07. The van der Waals surface area contributed by atoms with Crippen molar-refractivity contribution < 1.29 is 9.18 Å². The van der Waals surface area contributed by atoms with Crippen molar-refractivity contribution in [3.8, 4) is 0 Å². The van der Waals surface area contributed by atoms with Crippen LogP contribution in [0.3, 0.4) is 0 Å². The van der Waals surface area contributed by atoms with E-state index >= 15 is 0 Å². The molecule has 98 valence electrons. The maximum absolute atomic E-state index is 12.8. The van der Waals surface area contributed by atoms with E-state index in [9.17, 15) is 9.18 Å². The molecule has 1 aromatic rings. The van der Waals surface area contributed by atoms with Crippen molar-refractivity contribution in [3.05, 3.63) is 35.6 Å². The van der Waals surface area contributed by atoms with Gasteiger partial charge in [-0.25, -0.2) is 4.39 Å². The number of carbonyl (C=O) groups is 1. The van der Waals surface area contributed by atoms with E-state index in [-0.39, 0.29) is 17.1 Å². The molecule has 2 rings (SSSR count). The largest absolute Gasteiger partial charge is 0.314 e. The standard InChI is InChI=1S/C15H20FNO/c1-17-15(9-3-2-4-10-15)11-14(18)12-5-7-13(16)8-6-12/h5-8,17H,2-4,9-11H2,1H3. The summed E-state index contributed by atoms with van der Waals surface area (Å²) in [5.74, 6) is -0.196. The molecule has 1 aliphatic rings. The average Bonchev–Trinajstić information content (AvgIpc) is 2.40. The first-order valence-corrected chi connectivity index (χ1v) is 6.63. The van der Waals surface area contributed by atoms with E-state index in [1.165, 1.54) is 31.4 Å². The van der Waals surface area contributed by atoms with Gasteiger partial charge in [0.1, 0.15) is 5.82 Å². The van der Waals surface area contributed by atoms with Crippen molar-refractivity contribution >= 4 is 5.78 Å². The van der Waals surface area contributed by atoms with Gasteiger partial charge >= 0.3 is 0 Å². The predicted octanol–water partition coefficient (Wildman–Crippen LogP) is 3.32. The van der Waals surface area contributed by atoms with Crippen molar-refractivity contribution in [2.24, 2.45) is 0 Å². The first-order valence-electron chi connectivity index (χ1n) is 6.63. The molecule has 0 radical (unpaired) electrons. The first-order chi connectivity index (χ1) is 8.65. The second kappa shape index (κ2) is 5.61. The van der Waals surface area contributed by atoms with Gasteiger partial charge in [-0.05, 0) is 44.2 Å². The Hall–Kier alpha value is -1.22. The summed E-state index contributed by atoms with van der Waals surface area (Å²) in [6.45, 7) is 0. The zero-order valence-corrected chi connectivity index (χ0v) is 10.8. The van der Waals surface area contributed by atoms with Crippen LogP contribution in [-0.4, -0.2) is 18.4 Å². The maximum atomic E-state index is 12.8. The fraction of sp³-hybridized carbons (Fsp3) is 0.533. The molecule has 3 heteroatoms. The van der Waals surface area contributed by atoms with E-state index in [0.29, 0.717) is 12.0 Å². The van der Waals surface area contributed by atoms with Crippen LogP contribution in [0.25, 0.3) is 0 Å². The number of nitrogens with one attached hydrogen (secondary N) is 1. The number of halogens is 1. The fourth-order valence-corrected chi connectivity index (χ4v) is 2.79. The lowest BCUT2D eigenvalue weighted by Crippen LogP contribution is -2.46. The highest BCUT2D eigenvalue weighted by Gasteiger charge is 2.32. The second-order valence-corrected chi connectivity index (χ2v) is 5.20. The number of ketones is 1. The summed E-state index contributed by atoms with van der Waals surface area (Å²) in [5.41, 5.74) is 0.556. The highest BCUT2D eigenvalue weighted by Crippen LogP contribution is 2.31. The Kier molecular flexibility index (Phi) is 4.12. The molecule has 0 unspecified atom stereocenters. The third-order valence-electron chi connectivity index (χ3n) is 4.01. The summed E-state index contributed by atoms with van der Waals surface area (Å²) in [6.07, 6.45) is 6.23. The van der Waals surface area contributed by atoms with Gasteiger partial charge in [0.05, 0.1) is 0 Å². The topological polar surface area (TPSA) is 29.1 Å². The van der Waals surface area contributed by atoms with E-state index in [2.05, 4.69) is 5.32 Å². The van der Waals surface area contributed by atoms with Crippen LogP contribution >= 0.6 is 0 Å². The summed E-state index contributed by atoms with van der Waals surface area (Å²) in [4.78, 5) is 12.2. The summed E-state index contributed by atoms with van der Waals surface area (Å²) in [5, 5.41) is 3.33. The summed E-state index contributed by atoms with van der Waals surface area (Å²) in [7, 11) is 1.93. The van der Waals surface area contributed by atoms with Crippen molar-refractivity contribution in [1.82, 2.24) is 5.32 Å². The third kappa shape index (κ3) is 2.96. The van der Waals surface area contributed by atoms with Crippen LogP contribution in [0, 0.1) is 5.82 Å². The molecule has 1 aliphatic carbocycles. The molecule has 0 atom stereocenters. The molecule has 0 aromatic heterocycles. The number of hydrogen-bond acceptors (Lipinski definition) is 2. The van der Waals surface area contributed by atoms with Gasteiger partial charge in [0.15, 0.2) is 5.78 Å². The zero-order chi connectivity index (χ0) is 13.0. The molecule has 1 aromatic carbocycles. The first kappa shape index (κ1) is 13.2. The minimum atomic E-state index is -0.299. The lowest BCUT2D eigenvalue weighted by molar-refractivity contribution is 0.0915. The van der Waals surface area contributed by atoms with Crippen LogP contribution in [0.15, 0.2) is 24.3 Å². The van der Waals surface area contributed by atoms with Crippen molar-refractivity contribution in [2.75, 3.05) is 7.05 Å². The van der Waals surface area contributed by atoms with Gasteiger partial charge in [-0.3, -0.25) is 4.79 Å². The Morgan fingerprint density at radius 1 is 1.22 bits per heavy atom. The Bertz CT molecular complexity index is 407. The fourth-order valence-electron chi connectivity index (χ4n) is 2.79. The lowest BCUT2D eigenvalue weighted by atomic mass is 9.77. The van der Waals surface area contributed by atoms with Crippen molar-refractivity contribution in [2.45, 2.75) is 44.1 Å². The van der Waals surface area contributed by atoms with Crippen LogP contribution in [0.5, 0.6) is 0 Å². The van der Waals surface area contributed by atoms with Crippen LogP contribution in [0.2, 0.25) is 0 Å². The molecular formula is C15H20FNO. The molecule has 0 aliphatic heterocycles. The Morgan fingerprint density at radius 3 is 2.39 bits per heavy atom. The maximum Gasteiger partial charge on any atom is 0.164 e. The summed E-state index contributed by atoms with van der Waals surface area (Å²) >= 11 is 0. The summed E-state index contributed by atoms with van der Waals surface area (Å²) < 4.78 is 12.8. The molecule has 1 saturated carbocycles. The van der Waals surface area contributed by atoms with Gasteiger partial charge in [-0.2, -0.15) is 0 Å². The molecule has 0 amide bonds. The van der Waals surface area contributed by atoms with Crippen LogP contribution < -0.4 is 5.32 Å². The van der Waals surface area contributed by atoms with Gasteiger partial charge in [0.2, 0.25) is 0 Å². The van der Waals surface area contributed by atoms with E-state index in [1.54, 1.807) is 12.1 Å². The molecule has 0 heterocycles. The van der Waals surface area contributed by atoms with E-state index < -0.39 is 0 Å². The minimum absolute atomic E-state index is 0.0519. The molecule has 1 fully saturated rings. The Morgan fingerprint density at radius 2 is 1.83 bits per heavy atom. The van der Waals surface area contributed by atoms with Crippen LogP contribution in [0.1, 0.15) is 48.9 Å². The lowest BCUT2D eigenvalue weighted by Gasteiger charge is -2.36.